The second-order valence-corrected chi connectivity index (χ2v) is 10.6. The predicted molar refractivity (Wildman–Crippen MR) is 120 cm³/mol. The lowest BCUT2D eigenvalue weighted by atomic mass is 9.95. The average Bonchev–Trinajstić information content (AvgIpc) is 3.11. The lowest BCUT2D eigenvalue weighted by Gasteiger charge is -2.14. The molecule has 1 aromatic carbocycles. The van der Waals surface area contributed by atoms with Crippen LogP contribution in [-0.4, -0.2) is 45.2 Å². The summed E-state index contributed by atoms with van der Waals surface area (Å²) in [5, 5.41) is 3.12. The number of anilines is 1. The molecule has 0 radical (unpaired) electrons. The number of amides is 1. The van der Waals surface area contributed by atoms with Crippen LogP contribution in [0.15, 0.2) is 29.2 Å². The highest BCUT2D eigenvalue weighted by molar-refractivity contribution is 7.90. The van der Waals surface area contributed by atoms with Gasteiger partial charge in [-0.25, -0.2) is 18.0 Å². The van der Waals surface area contributed by atoms with E-state index < -0.39 is 33.8 Å². The SMILES string of the molecule is CCOC(=O)c1c(NC(=O)[C@@H](C)OC(=O)c2ccc(S(C)(=O)=O)cc2)sc2c1CCCC2. The van der Waals surface area contributed by atoms with E-state index in [1.807, 2.05) is 0 Å². The molecule has 1 amide bonds. The molecule has 0 saturated heterocycles. The molecule has 1 aliphatic rings. The molecule has 0 fully saturated rings. The zero-order chi connectivity index (χ0) is 23.5. The summed E-state index contributed by atoms with van der Waals surface area (Å²) in [5.74, 6) is -1.81. The van der Waals surface area contributed by atoms with E-state index in [4.69, 9.17) is 9.47 Å². The second-order valence-electron chi connectivity index (χ2n) is 7.47. The van der Waals surface area contributed by atoms with Gasteiger partial charge < -0.3 is 14.8 Å². The first-order valence-electron chi connectivity index (χ1n) is 10.3. The van der Waals surface area contributed by atoms with Crippen LogP contribution >= 0.6 is 11.3 Å². The monoisotopic (exact) mass is 479 g/mol. The van der Waals surface area contributed by atoms with Crippen LogP contribution in [0.1, 0.15) is 57.8 Å². The molecule has 2 aromatic rings. The minimum Gasteiger partial charge on any atom is -0.462 e. The van der Waals surface area contributed by atoms with Gasteiger partial charge in [0.05, 0.1) is 22.6 Å². The standard InChI is InChI=1S/C22H25NO7S2/c1-4-29-22(26)18-16-7-5-6-8-17(16)31-20(18)23-19(24)13(2)30-21(25)14-9-11-15(12-10-14)32(3,27)28/h9-13H,4-8H2,1-3H3,(H,23,24)/t13-/m1/s1. The Morgan fingerprint density at radius 1 is 1.09 bits per heavy atom. The number of carbonyl (C=O) groups is 3. The number of ether oxygens (including phenoxy) is 2. The number of esters is 2. The Bertz CT molecular complexity index is 1130. The fourth-order valence-electron chi connectivity index (χ4n) is 3.41. The summed E-state index contributed by atoms with van der Waals surface area (Å²) in [7, 11) is -3.39. The molecule has 8 nitrogen and oxygen atoms in total. The summed E-state index contributed by atoms with van der Waals surface area (Å²) in [6.45, 7) is 3.37. The second kappa shape index (κ2) is 9.83. The number of hydrogen-bond donors (Lipinski definition) is 1. The van der Waals surface area contributed by atoms with Crippen molar-refractivity contribution in [3.8, 4) is 0 Å². The molecule has 1 aliphatic carbocycles. The van der Waals surface area contributed by atoms with Crippen molar-refractivity contribution in [2.75, 3.05) is 18.2 Å². The van der Waals surface area contributed by atoms with E-state index in [-0.39, 0.29) is 17.1 Å². The van der Waals surface area contributed by atoms with Crippen molar-refractivity contribution in [2.45, 2.75) is 50.5 Å². The average molecular weight is 480 g/mol. The van der Waals surface area contributed by atoms with Crippen molar-refractivity contribution >= 4 is 44.0 Å². The molecular formula is C22H25NO7S2. The summed E-state index contributed by atoms with van der Waals surface area (Å²) >= 11 is 1.35. The van der Waals surface area contributed by atoms with E-state index in [1.54, 1.807) is 6.92 Å². The highest BCUT2D eigenvalue weighted by Gasteiger charge is 2.29. The lowest BCUT2D eigenvalue weighted by molar-refractivity contribution is -0.123. The molecule has 0 spiro atoms. The third kappa shape index (κ3) is 5.36. The first-order valence-corrected chi connectivity index (χ1v) is 13.0. The molecule has 0 saturated carbocycles. The molecule has 1 N–H and O–H groups in total. The maximum atomic E-state index is 12.7. The largest absolute Gasteiger partial charge is 0.462 e. The van der Waals surface area contributed by atoms with Crippen molar-refractivity contribution in [2.24, 2.45) is 0 Å². The minimum atomic E-state index is -3.39. The van der Waals surface area contributed by atoms with Gasteiger partial charge in [0.25, 0.3) is 5.91 Å². The summed E-state index contributed by atoms with van der Waals surface area (Å²) in [6, 6.07) is 5.27. The van der Waals surface area contributed by atoms with Gasteiger partial charge in [0.1, 0.15) is 5.00 Å². The molecule has 32 heavy (non-hydrogen) atoms. The minimum absolute atomic E-state index is 0.0769. The number of fused-ring (bicyclic) bond motifs is 1. The van der Waals surface area contributed by atoms with Crippen molar-refractivity contribution < 1.29 is 32.3 Å². The Morgan fingerprint density at radius 2 is 1.75 bits per heavy atom. The van der Waals surface area contributed by atoms with Crippen LogP contribution in [0.3, 0.4) is 0 Å². The van der Waals surface area contributed by atoms with Gasteiger partial charge in [-0.05, 0) is 69.4 Å². The fraction of sp³-hybridized carbons (Fsp3) is 0.409. The number of hydrogen-bond acceptors (Lipinski definition) is 8. The Hall–Kier alpha value is -2.72. The third-order valence-corrected chi connectivity index (χ3v) is 7.39. The lowest BCUT2D eigenvalue weighted by Crippen LogP contribution is -2.30. The van der Waals surface area contributed by atoms with Gasteiger partial charge in [0.15, 0.2) is 15.9 Å². The van der Waals surface area contributed by atoms with Crippen molar-refractivity contribution in [3.05, 3.63) is 45.8 Å². The zero-order valence-corrected chi connectivity index (χ0v) is 19.7. The van der Waals surface area contributed by atoms with Gasteiger partial charge in [-0.15, -0.1) is 11.3 Å². The van der Waals surface area contributed by atoms with Crippen molar-refractivity contribution in [3.63, 3.8) is 0 Å². The summed E-state index contributed by atoms with van der Waals surface area (Å²) in [4.78, 5) is 38.7. The summed E-state index contributed by atoms with van der Waals surface area (Å²) in [6.07, 6.45) is 3.52. The number of sulfone groups is 1. The number of nitrogens with one attached hydrogen (secondary N) is 1. The van der Waals surface area contributed by atoms with E-state index in [0.717, 1.165) is 42.4 Å². The number of benzene rings is 1. The van der Waals surface area contributed by atoms with E-state index in [1.165, 1.54) is 42.5 Å². The van der Waals surface area contributed by atoms with E-state index in [0.29, 0.717) is 10.6 Å². The number of carbonyl (C=O) groups excluding carboxylic acids is 3. The molecular weight excluding hydrogens is 454 g/mol. The Morgan fingerprint density at radius 3 is 2.38 bits per heavy atom. The van der Waals surface area contributed by atoms with Crippen LogP contribution in [-0.2, 0) is 36.9 Å². The van der Waals surface area contributed by atoms with Crippen LogP contribution in [0.5, 0.6) is 0 Å². The first-order chi connectivity index (χ1) is 15.1. The van der Waals surface area contributed by atoms with Gasteiger partial charge in [-0.2, -0.15) is 0 Å². The number of aryl methyl sites for hydroxylation is 1. The maximum absolute atomic E-state index is 12.7. The molecule has 1 heterocycles. The van der Waals surface area contributed by atoms with Gasteiger partial charge in [0, 0.05) is 11.1 Å². The van der Waals surface area contributed by atoms with Crippen molar-refractivity contribution in [1.29, 1.82) is 0 Å². The van der Waals surface area contributed by atoms with Crippen LogP contribution in [0.2, 0.25) is 0 Å². The van der Waals surface area contributed by atoms with E-state index in [2.05, 4.69) is 5.32 Å². The van der Waals surface area contributed by atoms with Crippen LogP contribution in [0.25, 0.3) is 0 Å². The molecule has 0 unspecified atom stereocenters. The highest BCUT2D eigenvalue weighted by atomic mass is 32.2. The Kier molecular flexibility index (Phi) is 7.35. The number of thiophene rings is 1. The van der Waals surface area contributed by atoms with Gasteiger partial charge >= 0.3 is 11.9 Å². The van der Waals surface area contributed by atoms with Crippen LogP contribution in [0.4, 0.5) is 5.00 Å². The first kappa shape index (κ1) is 23.9. The van der Waals surface area contributed by atoms with Gasteiger partial charge in [-0.3, -0.25) is 4.79 Å². The molecule has 10 heteroatoms. The maximum Gasteiger partial charge on any atom is 0.341 e. The van der Waals surface area contributed by atoms with E-state index in [9.17, 15) is 22.8 Å². The third-order valence-electron chi connectivity index (χ3n) is 5.06. The number of rotatable bonds is 7. The smallest absolute Gasteiger partial charge is 0.341 e. The summed E-state index contributed by atoms with van der Waals surface area (Å²) < 4.78 is 33.5. The highest BCUT2D eigenvalue weighted by Crippen LogP contribution is 2.38. The topological polar surface area (TPSA) is 116 Å². The molecule has 0 bridgehead atoms. The Labute approximate surface area is 190 Å². The van der Waals surface area contributed by atoms with E-state index >= 15 is 0 Å². The van der Waals surface area contributed by atoms with Gasteiger partial charge in [0.2, 0.25) is 0 Å². The predicted octanol–water partition coefficient (Wildman–Crippen LogP) is 3.39. The Balaban J connectivity index is 1.72. The van der Waals surface area contributed by atoms with Crippen LogP contribution < -0.4 is 5.32 Å². The summed E-state index contributed by atoms with van der Waals surface area (Å²) in [5.41, 5.74) is 1.43. The zero-order valence-electron chi connectivity index (χ0n) is 18.1. The molecule has 3 rings (SSSR count). The molecule has 172 valence electrons. The molecule has 0 aliphatic heterocycles. The molecule has 1 aromatic heterocycles. The molecule has 1 atom stereocenters. The van der Waals surface area contributed by atoms with Crippen molar-refractivity contribution in [1.82, 2.24) is 0 Å². The normalized spacial score (nSPS) is 14.2. The van der Waals surface area contributed by atoms with Gasteiger partial charge in [-0.1, -0.05) is 0 Å². The van der Waals surface area contributed by atoms with Crippen LogP contribution in [0, 0.1) is 0 Å². The quantitative estimate of drug-likeness (QED) is 0.605. The fourth-order valence-corrected chi connectivity index (χ4v) is 5.32.